The highest BCUT2D eigenvalue weighted by Gasteiger charge is 2.23. The molecule has 0 amide bonds. The van der Waals surface area contributed by atoms with Gasteiger partial charge in [-0.15, -0.1) is 0 Å². The summed E-state index contributed by atoms with van der Waals surface area (Å²) in [5.74, 6) is 1.01. The fraction of sp³-hybridized carbons (Fsp3) is 0.538. The number of aromatic nitrogens is 3. The van der Waals surface area contributed by atoms with E-state index in [1.165, 1.54) is 0 Å². The third-order valence-electron chi connectivity index (χ3n) is 2.90. The largest absolute Gasteiger partial charge is 0.401 e. The molecule has 0 aromatic carbocycles. The van der Waals surface area contributed by atoms with Crippen molar-refractivity contribution in [2.75, 3.05) is 0 Å². The number of nitrogens with zero attached hydrogens (tertiary/aromatic N) is 3. The van der Waals surface area contributed by atoms with E-state index in [0.29, 0.717) is 6.73 Å². The monoisotopic (exact) mass is 260 g/mol. The Kier molecular flexibility index (Phi) is 3.29. The van der Waals surface area contributed by atoms with Crippen molar-refractivity contribution in [2.45, 2.75) is 46.8 Å². The van der Waals surface area contributed by atoms with Crippen LogP contribution in [0.2, 0.25) is 0 Å². The summed E-state index contributed by atoms with van der Waals surface area (Å²) in [5.41, 5.74) is 3.95. The van der Waals surface area contributed by atoms with E-state index in [9.17, 15) is 0 Å². The minimum absolute atomic E-state index is 0.0376. The Morgan fingerprint density at radius 1 is 1.28 bits per heavy atom. The van der Waals surface area contributed by atoms with Crippen LogP contribution in [0.4, 0.5) is 0 Å². The van der Waals surface area contributed by atoms with Crippen molar-refractivity contribution < 1.29 is 4.43 Å². The lowest BCUT2D eigenvalue weighted by molar-refractivity contribution is 0.253. The van der Waals surface area contributed by atoms with Crippen molar-refractivity contribution >= 4 is 21.5 Å². The number of pyridine rings is 1. The van der Waals surface area contributed by atoms with Gasteiger partial charge in [-0.2, -0.15) is 0 Å². The number of imidazole rings is 1. The Hall–Kier alpha value is -1.20. The van der Waals surface area contributed by atoms with E-state index in [-0.39, 0.29) is 5.41 Å². The van der Waals surface area contributed by atoms with Crippen LogP contribution in [-0.2, 0) is 16.6 Å². The second-order valence-corrected chi connectivity index (χ2v) is 5.89. The van der Waals surface area contributed by atoms with E-state index >= 15 is 0 Å². The van der Waals surface area contributed by atoms with Gasteiger partial charge in [-0.05, 0) is 19.9 Å². The first kappa shape index (κ1) is 13.2. The average Bonchev–Trinajstić information content (AvgIpc) is 2.58. The Balaban J connectivity index is 2.79. The lowest BCUT2D eigenvalue weighted by Crippen LogP contribution is -2.19. The first-order valence-electron chi connectivity index (χ1n) is 5.98. The fourth-order valence-corrected chi connectivity index (χ4v) is 2.32. The zero-order valence-electron chi connectivity index (χ0n) is 11.5. The number of hydrogen-bond donors (Lipinski definition) is 0. The van der Waals surface area contributed by atoms with Crippen LogP contribution in [0.1, 0.15) is 38.0 Å². The average molecular weight is 260 g/mol. The van der Waals surface area contributed by atoms with E-state index in [4.69, 9.17) is 9.41 Å². The topological polar surface area (TPSA) is 39.9 Å². The highest BCUT2D eigenvalue weighted by atomic mass is 28.2. The summed E-state index contributed by atoms with van der Waals surface area (Å²) < 4.78 is 7.21. The van der Waals surface area contributed by atoms with Gasteiger partial charge in [0.2, 0.25) is 10.5 Å². The Labute approximate surface area is 111 Å². The van der Waals surface area contributed by atoms with Crippen LogP contribution in [0.5, 0.6) is 0 Å². The van der Waals surface area contributed by atoms with Crippen LogP contribution in [0.3, 0.4) is 0 Å². The molecule has 0 aliphatic heterocycles. The zero-order chi connectivity index (χ0) is 13.5. The molecule has 18 heavy (non-hydrogen) atoms. The van der Waals surface area contributed by atoms with E-state index < -0.39 is 0 Å². The molecule has 4 nitrogen and oxygen atoms in total. The summed E-state index contributed by atoms with van der Waals surface area (Å²) in [6.07, 6.45) is 0. The molecule has 2 aromatic rings. The minimum Gasteiger partial charge on any atom is -0.401 e. The van der Waals surface area contributed by atoms with Gasteiger partial charge in [0.25, 0.3) is 0 Å². The van der Waals surface area contributed by atoms with Gasteiger partial charge in [-0.1, -0.05) is 20.8 Å². The molecule has 2 aromatic heterocycles. The number of hydrogen-bond acceptors (Lipinski definition) is 3. The predicted octanol–water partition coefficient (Wildman–Crippen LogP) is 2.40. The molecule has 0 atom stereocenters. The lowest BCUT2D eigenvalue weighted by atomic mass is 9.96. The van der Waals surface area contributed by atoms with E-state index in [0.717, 1.165) is 28.2 Å². The van der Waals surface area contributed by atoms with Gasteiger partial charge in [0.15, 0.2) is 0 Å². The molecule has 5 heteroatoms. The first-order chi connectivity index (χ1) is 8.34. The highest BCUT2D eigenvalue weighted by molar-refractivity contribution is 5.97. The molecule has 3 radical (unpaired) electrons. The van der Waals surface area contributed by atoms with Crippen molar-refractivity contribution in [1.82, 2.24) is 14.5 Å². The Bertz CT molecular complexity index is 584. The van der Waals surface area contributed by atoms with Crippen LogP contribution in [0.15, 0.2) is 6.07 Å². The second-order valence-electron chi connectivity index (χ2n) is 5.60. The molecule has 0 aliphatic rings. The van der Waals surface area contributed by atoms with Crippen LogP contribution in [0.25, 0.3) is 11.0 Å². The van der Waals surface area contributed by atoms with Gasteiger partial charge in [0.05, 0.1) is 11.2 Å². The van der Waals surface area contributed by atoms with Crippen LogP contribution in [-0.4, -0.2) is 25.0 Å². The third kappa shape index (κ3) is 2.20. The van der Waals surface area contributed by atoms with Gasteiger partial charge >= 0.3 is 0 Å². The van der Waals surface area contributed by atoms with Crippen molar-refractivity contribution in [2.24, 2.45) is 0 Å². The van der Waals surface area contributed by atoms with E-state index in [1.54, 1.807) is 0 Å². The number of rotatable bonds is 2. The van der Waals surface area contributed by atoms with Crippen molar-refractivity contribution in [3.8, 4) is 0 Å². The normalized spacial score (nSPS) is 12.3. The standard InChI is InChI=1S/C13H18N3OSi/c1-8-6-10-11(9(2)14-8)15-12(13(3,4)5)16(10)7-17-18/h6H,7H2,1-5H3. The molecule has 2 rings (SSSR count). The maximum absolute atomic E-state index is 5.12. The second kappa shape index (κ2) is 4.48. The van der Waals surface area contributed by atoms with Crippen molar-refractivity contribution in [3.05, 3.63) is 23.3 Å². The fourth-order valence-electron chi connectivity index (χ4n) is 2.19. The highest BCUT2D eigenvalue weighted by Crippen LogP contribution is 2.27. The molecule has 0 fully saturated rings. The maximum Gasteiger partial charge on any atom is 0.248 e. The summed E-state index contributed by atoms with van der Waals surface area (Å²) in [4.78, 5) is 9.21. The molecule has 2 heterocycles. The molecule has 0 saturated heterocycles. The minimum atomic E-state index is -0.0376. The summed E-state index contributed by atoms with van der Waals surface area (Å²) in [6, 6.07) is 2.05. The smallest absolute Gasteiger partial charge is 0.248 e. The molecule has 0 bridgehead atoms. The van der Waals surface area contributed by atoms with Gasteiger partial charge < -0.3 is 8.99 Å². The molecule has 0 unspecified atom stereocenters. The quantitative estimate of drug-likeness (QED) is 0.778. The van der Waals surface area contributed by atoms with Crippen LogP contribution < -0.4 is 0 Å². The van der Waals surface area contributed by atoms with Gasteiger partial charge in [0.1, 0.15) is 18.1 Å². The van der Waals surface area contributed by atoms with E-state index in [1.807, 2.05) is 13.8 Å². The zero-order valence-corrected chi connectivity index (χ0v) is 12.5. The molecular formula is C13H18N3OSi. The summed E-state index contributed by atoms with van der Waals surface area (Å²) in [7, 11) is 3.08. The predicted molar refractivity (Wildman–Crippen MR) is 72.5 cm³/mol. The number of aryl methyl sites for hydroxylation is 2. The van der Waals surface area contributed by atoms with Gasteiger partial charge in [-0.3, -0.25) is 4.98 Å². The summed E-state index contributed by atoms with van der Waals surface area (Å²) in [5, 5.41) is 0. The molecule has 0 aliphatic carbocycles. The molecular weight excluding hydrogens is 242 g/mol. The van der Waals surface area contributed by atoms with Gasteiger partial charge in [0, 0.05) is 11.1 Å². The van der Waals surface area contributed by atoms with Crippen LogP contribution >= 0.6 is 0 Å². The maximum atomic E-state index is 5.12. The van der Waals surface area contributed by atoms with Crippen molar-refractivity contribution in [1.29, 1.82) is 0 Å². The first-order valence-corrected chi connectivity index (χ1v) is 6.39. The van der Waals surface area contributed by atoms with Crippen molar-refractivity contribution in [3.63, 3.8) is 0 Å². The van der Waals surface area contributed by atoms with Gasteiger partial charge in [-0.25, -0.2) is 4.98 Å². The van der Waals surface area contributed by atoms with E-state index in [2.05, 4.69) is 46.9 Å². The Morgan fingerprint density at radius 2 is 1.94 bits per heavy atom. The molecule has 0 N–H and O–H groups in total. The third-order valence-corrected chi connectivity index (χ3v) is 3.03. The SMILES string of the molecule is Cc1cc2c(nc(C(C)(C)C)n2CO[Si])c(C)n1. The molecule has 95 valence electrons. The Morgan fingerprint density at radius 3 is 2.50 bits per heavy atom. The van der Waals surface area contributed by atoms with Crippen LogP contribution in [0, 0.1) is 13.8 Å². The number of fused-ring (bicyclic) bond motifs is 1. The molecule has 0 saturated carbocycles. The summed E-state index contributed by atoms with van der Waals surface area (Å²) >= 11 is 0. The summed E-state index contributed by atoms with van der Waals surface area (Å²) in [6.45, 7) is 10.9. The lowest BCUT2D eigenvalue weighted by Gasteiger charge is -2.19. The molecule has 0 spiro atoms.